The summed E-state index contributed by atoms with van der Waals surface area (Å²) in [6.07, 6.45) is 8.36. The normalized spacial score (nSPS) is 16.6. The molecule has 1 N–H and O–H groups in total. The van der Waals surface area contributed by atoms with E-state index in [0.717, 1.165) is 70.5 Å². The Hall–Kier alpha value is -3.96. The first-order chi connectivity index (χ1) is 17.3. The summed E-state index contributed by atoms with van der Waals surface area (Å²) in [5.41, 5.74) is 6.77. The van der Waals surface area contributed by atoms with Gasteiger partial charge in [0.1, 0.15) is 11.8 Å². The molecule has 1 saturated heterocycles. The summed E-state index contributed by atoms with van der Waals surface area (Å²) >= 11 is 6.93. The molecule has 3 aromatic heterocycles. The van der Waals surface area contributed by atoms with Crippen molar-refractivity contribution in [2.75, 3.05) is 13.1 Å². The lowest BCUT2D eigenvalue weighted by Crippen LogP contribution is -2.63. The fourth-order valence-electron chi connectivity index (χ4n) is 5.87. The largest absolute Gasteiger partial charge is 0.338 e. The van der Waals surface area contributed by atoms with Crippen LogP contribution in [0.3, 0.4) is 0 Å². The number of nitrogens with zero attached hydrogens (tertiary/aromatic N) is 6. The fourth-order valence-corrected chi connectivity index (χ4v) is 6.12. The van der Waals surface area contributed by atoms with E-state index in [1.807, 2.05) is 24.0 Å². The number of nitrogens with one attached hydrogen (secondary N) is 1. The van der Waals surface area contributed by atoms with Gasteiger partial charge >= 0.3 is 0 Å². The number of amides is 1. The van der Waals surface area contributed by atoms with Gasteiger partial charge in [-0.2, -0.15) is 15.5 Å². The highest BCUT2D eigenvalue weighted by molar-refractivity contribution is 6.36. The zero-order valence-electron chi connectivity index (χ0n) is 20.0. The van der Waals surface area contributed by atoms with E-state index in [2.05, 4.69) is 39.4 Å². The van der Waals surface area contributed by atoms with Gasteiger partial charge in [0.05, 0.1) is 28.3 Å². The van der Waals surface area contributed by atoms with Crippen molar-refractivity contribution < 1.29 is 4.79 Å². The number of fused-ring (bicyclic) bond motifs is 1. The van der Waals surface area contributed by atoms with Crippen LogP contribution in [0.25, 0.3) is 33.3 Å². The van der Waals surface area contributed by atoms with Crippen molar-refractivity contribution in [1.29, 1.82) is 5.26 Å². The molecular formula is C27H24ClN7O. The monoisotopic (exact) mass is 497 g/mol. The minimum absolute atomic E-state index is 0.00740. The predicted octanol–water partition coefficient (Wildman–Crippen LogP) is 4.98. The number of likely N-dealkylation sites (tertiary alicyclic amines) is 1. The Kier molecular flexibility index (Phi) is 5.02. The number of pyridine rings is 1. The number of hydrogen-bond acceptors (Lipinski definition) is 5. The zero-order valence-corrected chi connectivity index (χ0v) is 20.8. The van der Waals surface area contributed by atoms with Crippen molar-refractivity contribution in [2.45, 2.75) is 32.7 Å². The van der Waals surface area contributed by atoms with Crippen LogP contribution in [-0.2, 0) is 4.79 Å². The van der Waals surface area contributed by atoms with Gasteiger partial charge in [-0.15, -0.1) is 0 Å². The predicted molar refractivity (Wildman–Crippen MR) is 137 cm³/mol. The highest BCUT2D eigenvalue weighted by atomic mass is 35.5. The van der Waals surface area contributed by atoms with Crippen molar-refractivity contribution in [2.24, 2.45) is 5.41 Å². The second-order valence-corrected chi connectivity index (χ2v) is 10.4. The number of nitriles is 1. The Morgan fingerprint density at radius 2 is 2.03 bits per heavy atom. The van der Waals surface area contributed by atoms with Crippen LogP contribution < -0.4 is 0 Å². The summed E-state index contributed by atoms with van der Waals surface area (Å²) in [5.74, 6) is -0.00740. The van der Waals surface area contributed by atoms with Crippen LogP contribution in [0.4, 0.5) is 0 Å². The average Bonchev–Trinajstić information content (AvgIpc) is 3.42. The third-order valence-electron chi connectivity index (χ3n) is 7.63. The van der Waals surface area contributed by atoms with E-state index in [-0.39, 0.29) is 17.4 Å². The first-order valence-corrected chi connectivity index (χ1v) is 12.2. The van der Waals surface area contributed by atoms with E-state index in [4.69, 9.17) is 16.7 Å². The quantitative estimate of drug-likeness (QED) is 0.400. The lowest BCUT2D eigenvalue weighted by molar-refractivity contribution is -0.149. The number of halogens is 1. The van der Waals surface area contributed by atoms with Gasteiger partial charge in [0.25, 0.3) is 0 Å². The minimum Gasteiger partial charge on any atom is -0.338 e. The van der Waals surface area contributed by atoms with Gasteiger partial charge in [0.2, 0.25) is 5.91 Å². The Labute approximate surface area is 213 Å². The minimum atomic E-state index is -0.00740. The van der Waals surface area contributed by atoms with Crippen molar-refractivity contribution in [1.82, 2.24) is 29.9 Å². The van der Waals surface area contributed by atoms with Crippen molar-refractivity contribution in [3.63, 3.8) is 0 Å². The van der Waals surface area contributed by atoms with Crippen LogP contribution >= 0.6 is 11.6 Å². The summed E-state index contributed by atoms with van der Waals surface area (Å²) < 4.78 is 2.09. The summed E-state index contributed by atoms with van der Waals surface area (Å²) in [6, 6.07) is 6.20. The number of carbonyl (C=O) groups is 1. The summed E-state index contributed by atoms with van der Waals surface area (Å²) in [5, 5.41) is 23.5. The molecule has 1 aliphatic heterocycles. The highest BCUT2D eigenvalue weighted by Crippen LogP contribution is 2.55. The maximum absolute atomic E-state index is 11.9. The number of aryl methyl sites for hydroxylation is 1. The molecule has 9 heteroatoms. The molecule has 1 amide bonds. The molecule has 2 aliphatic rings. The molecule has 0 radical (unpaired) electrons. The first kappa shape index (κ1) is 22.5. The Balaban J connectivity index is 1.47. The Morgan fingerprint density at radius 1 is 1.25 bits per heavy atom. The molecule has 1 aromatic carbocycles. The SMILES string of the molecule is C=CC(=O)N1CC2(CC(n3nc(-c4cncc(C#N)c4)c(-c4c(Cl)c(C)cc5[nH]ncc45)c3C)C2)C1. The average molecular weight is 498 g/mol. The Bertz CT molecular complexity index is 1590. The summed E-state index contributed by atoms with van der Waals surface area (Å²) in [6.45, 7) is 9.17. The van der Waals surface area contributed by atoms with Crippen LogP contribution in [0.15, 0.2) is 43.4 Å². The number of aromatic nitrogens is 5. The maximum Gasteiger partial charge on any atom is 0.245 e. The molecule has 6 rings (SSSR count). The van der Waals surface area contributed by atoms with Gasteiger partial charge in [-0.25, -0.2) is 0 Å². The third kappa shape index (κ3) is 3.27. The van der Waals surface area contributed by atoms with Crippen molar-refractivity contribution >= 4 is 28.4 Å². The number of carbonyl (C=O) groups excluding carboxylic acids is 1. The maximum atomic E-state index is 11.9. The van der Waals surface area contributed by atoms with Crippen LogP contribution in [0.1, 0.15) is 35.7 Å². The molecule has 4 aromatic rings. The second-order valence-electron chi connectivity index (χ2n) is 10.0. The third-order valence-corrected chi connectivity index (χ3v) is 8.11. The first-order valence-electron chi connectivity index (χ1n) is 11.8. The molecule has 4 heterocycles. The molecule has 8 nitrogen and oxygen atoms in total. The van der Waals surface area contributed by atoms with Gasteiger partial charge in [0, 0.05) is 58.7 Å². The van der Waals surface area contributed by atoms with E-state index in [9.17, 15) is 10.1 Å². The zero-order chi connectivity index (χ0) is 25.2. The van der Waals surface area contributed by atoms with Gasteiger partial charge in [-0.3, -0.25) is 19.6 Å². The number of H-pyrrole nitrogens is 1. The molecule has 1 saturated carbocycles. The van der Waals surface area contributed by atoms with E-state index in [1.54, 1.807) is 18.6 Å². The molecule has 0 unspecified atom stereocenters. The molecule has 1 spiro atoms. The van der Waals surface area contributed by atoms with E-state index < -0.39 is 0 Å². The van der Waals surface area contributed by atoms with Crippen LogP contribution in [0.5, 0.6) is 0 Å². The van der Waals surface area contributed by atoms with Crippen LogP contribution in [-0.4, -0.2) is 48.9 Å². The number of benzene rings is 1. The number of aromatic amines is 1. The Morgan fingerprint density at radius 3 is 2.75 bits per heavy atom. The van der Waals surface area contributed by atoms with E-state index in [1.165, 1.54) is 6.08 Å². The molecule has 0 bridgehead atoms. The highest BCUT2D eigenvalue weighted by Gasteiger charge is 2.54. The van der Waals surface area contributed by atoms with E-state index in [0.29, 0.717) is 10.6 Å². The lowest BCUT2D eigenvalue weighted by atomic mass is 9.60. The van der Waals surface area contributed by atoms with Gasteiger partial charge in [0.15, 0.2) is 0 Å². The number of rotatable bonds is 4. The van der Waals surface area contributed by atoms with Gasteiger partial charge in [-0.05, 0) is 50.5 Å². The molecular weight excluding hydrogens is 474 g/mol. The summed E-state index contributed by atoms with van der Waals surface area (Å²) in [7, 11) is 0. The topological polar surface area (TPSA) is 103 Å². The van der Waals surface area contributed by atoms with E-state index >= 15 is 0 Å². The smallest absolute Gasteiger partial charge is 0.245 e. The standard InChI is InChI=1S/C27H24ClN7O/c1-4-22(36)34-13-27(14-34)7-19(8-27)35-16(3)23(26(33-35)18-6-17(9-29)10-30-11-18)24-20-12-31-32-21(20)5-15(2)25(24)28/h4-6,10-12,19H,1,7-8,13-14H2,2-3H3,(H,31,32). The van der Waals surface area contributed by atoms with Crippen molar-refractivity contribution in [3.8, 4) is 28.5 Å². The molecule has 36 heavy (non-hydrogen) atoms. The number of hydrogen-bond donors (Lipinski definition) is 1. The van der Waals surface area contributed by atoms with Crippen molar-refractivity contribution in [3.05, 3.63) is 65.2 Å². The molecule has 0 atom stereocenters. The van der Waals surface area contributed by atoms with Crippen LogP contribution in [0, 0.1) is 30.6 Å². The molecule has 180 valence electrons. The van der Waals surface area contributed by atoms with Crippen LogP contribution in [0.2, 0.25) is 5.02 Å². The molecule has 1 aliphatic carbocycles. The van der Waals surface area contributed by atoms with Gasteiger partial charge in [-0.1, -0.05) is 18.2 Å². The fraction of sp³-hybridized carbons (Fsp3) is 0.296. The second kappa shape index (κ2) is 8.04. The van der Waals surface area contributed by atoms with Gasteiger partial charge < -0.3 is 4.90 Å². The molecule has 2 fully saturated rings. The lowest BCUT2D eigenvalue weighted by Gasteiger charge is -2.58. The summed E-state index contributed by atoms with van der Waals surface area (Å²) in [4.78, 5) is 18.1.